The Balaban J connectivity index is 1.60. The van der Waals surface area contributed by atoms with E-state index in [4.69, 9.17) is 15.2 Å². The van der Waals surface area contributed by atoms with E-state index in [1.54, 1.807) is 0 Å². The SMILES string of the molecule is NCC(c1ccc2c(c1)OCO2)N1CCc2sccc2C1. The van der Waals surface area contributed by atoms with Crippen molar-refractivity contribution >= 4 is 11.3 Å². The maximum absolute atomic E-state index is 6.06. The minimum absolute atomic E-state index is 0.229. The lowest BCUT2D eigenvalue weighted by molar-refractivity contribution is 0.173. The van der Waals surface area contributed by atoms with Gasteiger partial charge in [-0.2, -0.15) is 0 Å². The summed E-state index contributed by atoms with van der Waals surface area (Å²) in [5, 5.41) is 2.19. The van der Waals surface area contributed by atoms with Crippen LogP contribution in [0.25, 0.3) is 0 Å². The molecule has 0 aliphatic carbocycles. The second-order valence-electron chi connectivity index (χ2n) is 5.45. The van der Waals surface area contributed by atoms with Crippen molar-refractivity contribution in [2.75, 3.05) is 19.9 Å². The van der Waals surface area contributed by atoms with Crippen LogP contribution in [0, 0.1) is 0 Å². The Labute approximate surface area is 128 Å². The molecule has 4 rings (SSSR count). The number of fused-ring (bicyclic) bond motifs is 2. The molecule has 110 valence electrons. The summed E-state index contributed by atoms with van der Waals surface area (Å²) in [6, 6.07) is 8.63. The number of nitrogens with two attached hydrogens (primary N) is 1. The first-order valence-corrected chi connectivity index (χ1v) is 8.12. The van der Waals surface area contributed by atoms with E-state index in [1.807, 2.05) is 17.4 Å². The van der Waals surface area contributed by atoms with Gasteiger partial charge in [-0.05, 0) is 41.1 Å². The summed E-state index contributed by atoms with van der Waals surface area (Å²) in [7, 11) is 0. The van der Waals surface area contributed by atoms with Crippen LogP contribution in [0.5, 0.6) is 11.5 Å². The summed E-state index contributed by atoms with van der Waals surface area (Å²) in [6.45, 7) is 2.96. The smallest absolute Gasteiger partial charge is 0.231 e. The Kier molecular flexibility index (Phi) is 3.33. The van der Waals surface area contributed by atoms with Gasteiger partial charge in [0.2, 0.25) is 6.79 Å². The van der Waals surface area contributed by atoms with Gasteiger partial charge in [-0.1, -0.05) is 6.07 Å². The maximum atomic E-state index is 6.06. The van der Waals surface area contributed by atoms with Gasteiger partial charge in [0, 0.05) is 30.6 Å². The summed E-state index contributed by atoms with van der Waals surface area (Å²) in [5.74, 6) is 1.66. The zero-order valence-corrected chi connectivity index (χ0v) is 12.6. The van der Waals surface area contributed by atoms with Crippen molar-refractivity contribution in [2.24, 2.45) is 5.73 Å². The van der Waals surface area contributed by atoms with Crippen LogP contribution in [0.3, 0.4) is 0 Å². The predicted octanol–water partition coefficient (Wildman–Crippen LogP) is 2.53. The van der Waals surface area contributed by atoms with E-state index < -0.39 is 0 Å². The summed E-state index contributed by atoms with van der Waals surface area (Å²) in [6.07, 6.45) is 1.12. The average Bonchev–Trinajstić information content (AvgIpc) is 3.15. The van der Waals surface area contributed by atoms with Crippen molar-refractivity contribution in [1.82, 2.24) is 4.90 Å². The molecular weight excluding hydrogens is 284 g/mol. The molecule has 0 radical (unpaired) electrons. The molecule has 4 nitrogen and oxygen atoms in total. The molecule has 1 aromatic heterocycles. The first kappa shape index (κ1) is 13.1. The quantitative estimate of drug-likeness (QED) is 0.946. The monoisotopic (exact) mass is 302 g/mol. The molecule has 2 aliphatic rings. The van der Waals surface area contributed by atoms with Crippen molar-refractivity contribution in [2.45, 2.75) is 19.0 Å². The van der Waals surface area contributed by atoms with Crippen LogP contribution in [0.4, 0.5) is 0 Å². The highest BCUT2D eigenvalue weighted by Crippen LogP contribution is 2.36. The van der Waals surface area contributed by atoms with Crippen LogP contribution in [0.2, 0.25) is 0 Å². The molecule has 1 aromatic carbocycles. The van der Waals surface area contributed by atoms with Gasteiger partial charge < -0.3 is 15.2 Å². The normalized spacial score (nSPS) is 18.5. The molecule has 3 heterocycles. The number of hydrogen-bond acceptors (Lipinski definition) is 5. The van der Waals surface area contributed by atoms with Gasteiger partial charge in [-0.25, -0.2) is 0 Å². The third-order valence-electron chi connectivity index (χ3n) is 4.28. The number of benzene rings is 1. The van der Waals surface area contributed by atoms with Gasteiger partial charge in [0.05, 0.1) is 0 Å². The largest absolute Gasteiger partial charge is 0.454 e. The molecular formula is C16H18N2O2S. The van der Waals surface area contributed by atoms with Crippen LogP contribution >= 0.6 is 11.3 Å². The topological polar surface area (TPSA) is 47.7 Å². The first-order valence-electron chi connectivity index (χ1n) is 7.24. The maximum Gasteiger partial charge on any atom is 0.231 e. The summed E-state index contributed by atoms with van der Waals surface area (Å²) in [5.41, 5.74) is 8.72. The summed E-state index contributed by atoms with van der Waals surface area (Å²) in [4.78, 5) is 3.99. The van der Waals surface area contributed by atoms with Crippen LogP contribution in [-0.2, 0) is 13.0 Å². The molecule has 0 amide bonds. The summed E-state index contributed by atoms with van der Waals surface area (Å²) >= 11 is 1.86. The molecule has 2 aliphatic heterocycles. The predicted molar refractivity (Wildman–Crippen MR) is 82.8 cm³/mol. The highest BCUT2D eigenvalue weighted by molar-refractivity contribution is 7.10. The van der Waals surface area contributed by atoms with E-state index in [1.165, 1.54) is 16.0 Å². The number of thiophene rings is 1. The highest BCUT2D eigenvalue weighted by atomic mass is 32.1. The Morgan fingerprint density at radius 2 is 2.14 bits per heavy atom. The molecule has 0 fully saturated rings. The van der Waals surface area contributed by atoms with Crippen LogP contribution in [-0.4, -0.2) is 24.8 Å². The second-order valence-corrected chi connectivity index (χ2v) is 6.45. The Bertz CT molecular complexity index is 655. The van der Waals surface area contributed by atoms with Gasteiger partial charge in [-0.3, -0.25) is 4.90 Å². The highest BCUT2D eigenvalue weighted by Gasteiger charge is 2.26. The third-order valence-corrected chi connectivity index (χ3v) is 5.31. The van der Waals surface area contributed by atoms with E-state index in [9.17, 15) is 0 Å². The van der Waals surface area contributed by atoms with E-state index >= 15 is 0 Å². The van der Waals surface area contributed by atoms with Crippen LogP contribution in [0.15, 0.2) is 29.6 Å². The molecule has 0 spiro atoms. The van der Waals surface area contributed by atoms with Crippen LogP contribution in [0.1, 0.15) is 22.0 Å². The minimum Gasteiger partial charge on any atom is -0.454 e. The van der Waals surface area contributed by atoms with Crippen molar-refractivity contribution in [1.29, 1.82) is 0 Å². The minimum atomic E-state index is 0.229. The molecule has 2 N–H and O–H groups in total. The fraction of sp³-hybridized carbons (Fsp3) is 0.375. The van der Waals surface area contributed by atoms with Gasteiger partial charge in [-0.15, -0.1) is 11.3 Å². The third kappa shape index (κ3) is 2.31. The van der Waals surface area contributed by atoms with E-state index in [0.29, 0.717) is 13.3 Å². The molecule has 2 aromatic rings. The van der Waals surface area contributed by atoms with E-state index in [-0.39, 0.29) is 6.04 Å². The first-order chi connectivity index (χ1) is 10.3. The molecule has 0 bridgehead atoms. The van der Waals surface area contributed by atoms with Crippen LogP contribution < -0.4 is 15.2 Å². The van der Waals surface area contributed by atoms with Crippen molar-refractivity contribution in [3.63, 3.8) is 0 Å². The zero-order valence-electron chi connectivity index (χ0n) is 11.7. The second kappa shape index (κ2) is 5.33. The van der Waals surface area contributed by atoms with Gasteiger partial charge >= 0.3 is 0 Å². The van der Waals surface area contributed by atoms with Gasteiger partial charge in [0.1, 0.15) is 0 Å². The Hall–Kier alpha value is -1.56. The standard InChI is InChI=1S/C16H18N2O2S/c17-8-13(11-1-2-14-15(7-11)20-10-19-14)18-5-3-16-12(9-18)4-6-21-16/h1-2,4,6-7,13H,3,5,8-10,17H2. The molecule has 0 saturated heterocycles. The fourth-order valence-corrected chi connectivity index (χ4v) is 4.04. The molecule has 5 heteroatoms. The van der Waals surface area contributed by atoms with Gasteiger partial charge in [0.15, 0.2) is 11.5 Å². The average molecular weight is 302 g/mol. The lowest BCUT2D eigenvalue weighted by atomic mass is 10.0. The van der Waals surface area contributed by atoms with Gasteiger partial charge in [0.25, 0.3) is 0 Å². The fourth-order valence-electron chi connectivity index (χ4n) is 3.15. The lowest BCUT2D eigenvalue weighted by Gasteiger charge is -2.34. The summed E-state index contributed by atoms with van der Waals surface area (Å²) < 4.78 is 10.9. The number of nitrogens with zero attached hydrogens (tertiary/aromatic N) is 1. The van der Waals surface area contributed by atoms with Crippen molar-refractivity contribution in [3.05, 3.63) is 45.6 Å². The van der Waals surface area contributed by atoms with E-state index in [2.05, 4.69) is 28.5 Å². The van der Waals surface area contributed by atoms with Crippen molar-refractivity contribution in [3.8, 4) is 11.5 Å². The van der Waals surface area contributed by atoms with Crippen molar-refractivity contribution < 1.29 is 9.47 Å². The lowest BCUT2D eigenvalue weighted by Crippen LogP contribution is -2.37. The molecule has 0 saturated carbocycles. The molecule has 21 heavy (non-hydrogen) atoms. The number of ether oxygens (including phenoxy) is 2. The number of hydrogen-bond donors (Lipinski definition) is 1. The van der Waals surface area contributed by atoms with E-state index in [0.717, 1.165) is 31.0 Å². The Morgan fingerprint density at radius 1 is 1.24 bits per heavy atom. The number of rotatable bonds is 3. The Morgan fingerprint density at radius 3 is 3.05 bits per heavy atom. The molecule has 1 unspecified atom stereocenters. The molecule has 1 atom stereocenters. The zero-order chi connectivity index (χ0) is 14.2.